The molecule has 0 rings (SSSR count). The van der Waals surface area contributed by atoms with Crippen molar-refractivity contribution in [2.24, 2.45) is 11.8 Å². The average Bonchev–Trinajstić information content (AvgIpc) is 1.98. The Labute approximate surface area is 102 Å². The molecule has 0 spiro atoms. The van der Waals surface area contributed by atoms with Gasteiger partial charge in [0.15, 0.2) is 0 Å². The van der Waals surface area contributed by atoms with Crippen molar-refractivity contribution in [2.45, 2.75) is 40.0 Å². The number of hydrogen-bond donors (Lipinski definition) is 1. The van der Waals surface area contributed by atoms with E-state index >= 15 is 0 Å². The molecule has 2 nitrogen and oxygen atoms in total. The van der Waals surface area contributed by atoms with Gasteiger partial charge in [0.05, 0.1) is 33.4 Å². The van der Waals surface area contributed by atoms with Crippen LogP contribution in [0.25, 0.3) is 0 Å². The summed E-state index contributed by atoms with van der Waals surface area (Å²) in [4.78, 5) is 0. The van der Waals surface area contributed by atoms with Gasteiger partial charge in [-0.2, -0.15) is 0 Å². The first kappa shape index (κ1) is 15.5. The molecule has 16 heavy (non-hydrogen) atoms. The third-order valence-electron chi connectivity index (χ3n) is 2.55. The molecule has 0 bridgehead atoms. The molecule has 0 aliphatic rings. The van der Waals surface area contributed by atoms with E-state index in [0.717, 1.165) is 23.9 Å². The van der Waals surface area contributed by atoms with Crippen LogP contribution in [0.5, 0.6) is 0 Å². The van der Waals surface area contributed by atoms with E-state index in [0.29, 0.717) is 17.6 Å². The summed E-state index contributed by atoms with van der Waals surface area (Å²) in [5, 5.41) is 9.78. The Morgan fingerprint density at radius 2 is 1.81 bits per heavy atom. The van der Waals surface area contributed by atoms with Crippen molar-refractivity contribution in [1.82, 2.24) is 0 Å². The molecule has 0 aromatic carbocycles. The van der Waals surface area contributed by atoms with E-state index in [-0.39, 0.29) is 0 Å². The van der Waals surface area contributed by atoms with Gasteiger partial charge in [0.2, 0.25) is 0 Å². The molecule has 96 valence electrons. The van der Waals surface area contributed by atoms with E-state index in [1.54, 1.807) is 0 Å². The molecule has 0 saturated heterocycles. The second-order valence-corrected chi connectivity index (χ2v) is 6.28. The first-order valence-corrected chi connectivity index (χ1v) is 6.43. The molecule has 0 fully saturated rings. The van der Waals surface area contributed by atoms with Gasteiger partial charge in [0.1, 0.15) is 0 Å². The topological polar surface area (TPSA) is 20.2 Å². The standard InChI is InChI=1S/C14H29NO/c1-7-8-14(16)10-13(9-12(2)3)11-15(4,5)6/h8,12-13H,7,9-11H2,1-6H3/p+1/b14-8+. The van der Waals surface area contributed by atoms with Crippen molar-refractivity contribution in [2.75, 3.05) is 27.7 Å². The van der Waals surface area contributed by atoms with Crippen LogP contribution in [0, 0.1) is 11.8 Å². The minimum absolute atomic E-state index is 0.571. The van der Waals surface area contributed by atoms with E-state index in [9.17, 15) is 5.11 Å². The summed E-state index contributed by atoms with van der Waals surface area (Å²) in [6.07, 6.45) is 4.88. The molecule has 1 unspecified atom stereocenters. The van der Waals surface area contributed by atoms with Crippen LogP contribution in [-0.4, -0.2) is 37.3 Å². The van der Waals surface area contributed by atoms with Gasteiger partial charge in [-0.3, -0.25) is 0 Å². The predicted molar refractivity (Wildman–Crippen MR) is 71.5 cm³/mol. The SMILES string of the molecule is CC/C=C(/O)CC(CC(C)C)C[N+](C)(C)C. The largest absolute Gasteiger partial charge is 0.513 e. The van der Waals surface area contributed by atoms with Crippen molar-refractivity contribution < 1.29 is 9.59 Å². The highest BCUT2D eigenvalue weighted by molar-refractivity contribution is 4.92. The molecule has 1 atom stereocenters. The maximum Gasteiger partial charge on any atom is 0.0887 e. The molecular formula is C14H30NO+. The molecule has 0 saturated carbocycles. The Kier molecular flexibility index (Phi) is 6.73. The van der Waals surface area contributed by atoms with E-state index in [2.05, 4.69) is 41.9 Å². The number of rotatable bonds is 7. The van der Waals surface area contributed by atoms with Gasteiger partial charge in [-0.15, -0.1) is 0 Å². The van der Waals surface area contributed by atoms with Crippen molar-refractivity contribution in [3.8, 4) is 0 Å². The van der Waals surface area contributed by atoms with E-state index in [4.69, 9.17) is 0 Å². The normalized spacial score (nSPS) is 15.6. The van der Waals surface area contributed by atoms with Crippen LogP contribution >= 0.6 is 0 Å². The second kappa shape index (κ2) is 6.95. The summed E-state index contributed by atoms with van der Waals surface area (Å²) < 4.78 is 0.969. The predicted octanol–water partition coefficient (Wildman–Crippen LogP) is 3.60. The van der Waals surface area contributed by atoms with Gasteiger partial charge in [0, 0.05) is 12.3 Å². The third kappa shape index (κ3) is 8.78. The van der Waals surface area contributed by atoms with Gasteiger partial charge in [-0.1, -0.05) is 20.8 Å². The Balaban J connectivity index is 4.37. The number of quaternary nitrogens is 1. The highest BCUT2D eigenvalue weighted by atomic mass is 16.3. The first-order valence-electron chi connectivity index (χ1n) is 6.43. The summed E-state index contributed by atoms with van der Waals surface area (Å²) in [5.41, 5.74) is 0. The number of hydrogen-bond acceptors (Lipinski definition) is 1. The van der Waals surface area contributed by atoms with Gasteiger partial charge in [-0.05, 0) is 24.8 Å². The quantitative estimate of drug-likeness (QED) is 0.521. The zero-order valence-corrected chi connectivity index (χ0v) is 12.0. The lowest BCUT2D eigenvalue weighted by atomic mass is 9.92. The van der Waals surface area contributed by atoms with E-state index < -0.39 is 0 Å². The lowest BCUT2D eigenvalue weighted by molar-refractivity contribution is -0.874. The van der Waals surface area contributed by atoms with Crippen molar-refractivity contribution in [1.29, 1.82) is 0 Å². The fourth-order valence-electron chi connectivity index (χ4n) is 2.28. The summed E-state index contributed by atoms with van der Waals surface area (Å²) >= 11 is 0. The number of nitrogens with zero attached hydrogens (tertiary/aromatic N) is 1. The zero-order chi connectivity index (χ0) is 12.8. The van der Waals surface area contributed by atoms with Gasteiger partial charge in [-0.25, -0.2) is 0 Å². The van der Waals surface area contributed by atoms with Crippen LogP contribution in [0.1, 0.15) is 40.0 Å². The van der Waals surface area contributed by atoms with E-state index in [1.807, 2.05) is 6.08 Å². The highest BCUT2D eigenvalue weighted by Gasteiger charge is 2.20. The minimum Gasteiger partial charge on any atom is -0.513 e. The summed E-state index contributed by atoms with van der Waals surface area (Å²) in [6.45, 7) is 7.69. The monoisotopic (exact) mass is 228 g/mol. The molecule has 0 aromatic heterocycles. The Morgan fingerprint density at radius 1 is 1.25 bits per heavy atom. The summed E-state index contributed by atoms with van der Waals surface area (Å²) in [6, 6.07) is 0. The smallest absolute Gasteiger partial charge is 0.0887 e. The van der Waals surface area contributed by atoms with Crippen LogP contribution < -0.4 is 0 Å². The molecule has 0 aliphatic heterocycles. The number of allylic oxidation sites excluding steroid dienone is 2. The number of aliphatic hydroxyl groups excluding tert-OH is 1. The highest BCUT2D eigenvalue weighted by Crippen LogP contribution is 2.21. The Bertz CT molecular complexity index is 213. The number of aliphatic hydroxyl groups is 1. The third-order valence-corrected chi connectivity index (χ3v) is 2.55. The summed E-state index contributed by atoms with van der Waals surface area (Å²) in [5.74, 6) is 1.86. The van der Waals surface area contributed by atoms with Crippen LogP contribution in [-0.2, 0) is 0 Å². The Hall–Kier alpha value is -0.500. The first-order chi connectivity index (χ1) is 7.24. The average molecular weight is 228 g/mol. The molecule has 0 radical (unpaired) electrons. The fourth-order valence-corrected chi connectivity index (χ4v) is 2.28. The maximum absolute atomic E-state index is 9.78. The molecule has 1 N–H and O–H groups in total. The van der Waals surface area contributed by atoms with Crippen molar-refractivity contribution in [3.05, 3.63) is 11.8 Å². The second-order valence-electron chi connectivity index (χ2n) is 6.28. The molecule has 0 amide bonds. The lowest BCUT2D eigenvalue weighted by Gasteiger charge is -2.30. The molecule has 0 aromatic rings. The van der Waals surface area contributed by atoms with Gasteiger partial charge in [0.25, 0.3) is 0 Å². The van der Waals surface area contributed by atoms with Crippen LogP contribution in [0.2, 0.25) is 0 Å². The van der Waals surface area contributed by atoms with Crippen molar-refractivity contribution in [3.63, 3.8) is 0 Å². The molecular weight excluding hydrogens is 198 g/mol. The fraction of sp³-hybridized carbons (Fsp3) is 0.857. The molecule has 0 heterocycles. The van der Waals surface area contributed by atoms with Crippen molar-refractivity contribution >= 4 is 0 Å². The summed E-state index contributed by atoms with van der Waals surface area (Å²) in [7, 11) is 6.65. The van der Waals surface area contributed by atoms with Crippen LogP contribution in [0.15, 0.2) is 11.8 Å². The molecule has 0 aliphatic carbocycles. The van der Waals surface area contributed by atoms with Crippen LogP contribution in [0.4, 0.5) is 0 Å². The van der Waals surface area contributed by atoms with Crippen LogP contribution in [0.3, 0.4) is 0 Å². The van der Waals surface area contributed by atoms with Gasteiger partial charge >= 0.3 is 0 Å². The van der Waals surface area contributed by atoms with E-state index in [1.165, 1.54) is 6.42 Å². The molecule has 2 heteroatoms. The zero-order valence-electron chi connectivity index (χ0n) is 12.0. The lowest BCUT2D eigenvalue weighted by Crippen LogP contribution is -2.39. The Morgan fingerprint density at radius 3 is 2.19 bits per heavy atom. The van der Waals surface area contributed by atoms with Gasteiger partial charge < -0.3 is 9.59 Å². The minimum atomic E-state index is 0.571. The maximum atomic E-state index is 9.78.